The number of nitrogens with zero attached hydrogens (tertiary/aromatic N) is 3. The highest BCUT2D eigenvalue weighted by atomic mass is 35.5. The van der Waals surface area contributed by atoms with E-state index in [1.165, 1.54) is 30.2 Å². The van der Waals surface area contributed by atoms with Gasteiger partial charge in [-0.15, -0.1) is 5.10 Å². The van der Waals surface area contributed by atoms with Gasteiger partial charge < -0.3 is 34.5 Å². The Balaban J connectivity index is 0.00000140. The van der Waals surface area contributed by atoms with Crippen molar-refractivity contribution in [1.82, 2.24) is 15.0 Å². The zero-order valence-corrected chi connectivity index (χ0v) is 17.6. The van der Waals surface area contributed by atoms with Crippen LogP contribution in [0.4, 0.5) is 5.69 Å². The highest BCUT2D eigenvalue weighted by Crippen LogP contribution is 2.18. The zero-order valence-electron chi connectivity index (χ0n) is 16.1. The number of ether oxygens (including phenoxy) is 1. The van der Waals surface area contributed by atoms with Crippen molar-refractivity contribution in [3.63, 3.8) is 0 Å². The average Bonchev–Trinajstić information content (AvgIpc) is 3.12. The molecule has 0 atom stereocenters. The molecule has 3 aromatic rings. The third-order valence-corrected chi connectivity index (χ3v) is 5.37. The molecule has 8 heteroatoms. The van der Waals surface area contributed by atoms with Crippen LogP contribution >= 0.6 is 0 Å². The summed E-state index contributed by atoms with van der Waals surface area (Å²) < 4.78 is 7.56. The summed E-state index contributed by atoms with van der Waals surface area (Å²) in [5.41, 5.74) is 3.41. The molecule has 1 aliphatic rings. The van der Waals surface area contributed by atoms with Gasteiger partial charge in [0.25, 0.3) is 0 Å². The molecule has 0 spiro atoms. The van der Waals surface area contributed by atoms with Crippen LogP contribution in [0.2, 0.25) is 0 Å². The van der Waals surface area contributed by atoms with Crippen molar-refractivity contribution in [3.8, 4) is 5.75 Å². The Labute approximate surface area is 178 Å². The van der Waals surface area contributed by atoms with Gasteiger partial charge in [0.1, 0.15) is 31.7 Å². The number of hydrogen-bond donors (Lipinski definition) is 2. The molecular weight excluding hydrogens is 397 g/mol. The predicted molar refractivity (Wildman–Crippen MR) is 101 cm³/mol. The zero-order chi connectivity index (χ0) is 17.8. The lowest BCUT2D eigenvalue weighted by molar-refractivity contribution is -0.986. The summed E-state index contributed by atoms with van der Waals surface area (Å²) in [4.78, 5) is 3.22. The van der Waals surface area contributed by atoms with Crippen LogP contribution in [0.1, 0.15) is 6.42 Å². The second kappa shape index (κ2) is 10.6. The molecule has 0 unspecified atom stereocenters. The molecule has 6 nitrogen and oxygen atoms in total. The maximum absolute atomic E-state index is 5.52. The number of aryl methyl sites for hydroxylation is 1. The van der Waals surface area contributed by atoms with Gasteiger partial charge in [0.15, 0.2) is 11.4 Å². The smallest absolute Gasteiger partial charge is 0.179 e. The molecule has 0 radical (unpaired) electrons. The molecule has 1 fully saturated rings. The van der Waals surface area contributed by atoms with E-state index >= 15 is 0 Å². The summed E-state index contributed by atoms with van der Waals surface area (Å²) in [6.45, 7) is 6.83. The number of methoxy groups -OCH3 is 1. The molecule has 0 amide bonds. The second-order valence-corrected chi connectivity index (χ2v) is 6.96. The molecule has 1 aromatic heterocycles. The van der Waals surface area contributed by atoms with Crippen molar-refractivity contribution < 1.29 is 39.4 Å². The van der Waals surface area contributed by atoms with Crippen molar-refractivity contribution in [2.24, 2.45) is 0 Å². The van der Waals surface area contributed by atoms with Gasteiger partial charge >= 0.3 is 0 Å². The lowest BCUT2D eigenvalue weighted by atomic mass is 10.2. The molecule has 2 N–H and O–H groups in total. The van der Waals surface area contributed by atoms with Crippen molar-refractivity contribution >= 4 is 16.7 Å². The van der Waals surface area contributed by atoms with E-state index in [1.807, 2.05) is 28.9 Å². The number of halogens is 2. The van der Waals surface area contributed by atoms with Crippen molar-refractivity contribution in [2.45, 2.75) is 13.0 Å². The standard InChI is InChI=1S/C20H25N5O.2ClH/c1-26-20-10-5-4-9-19(20)24-15-13-23(14-16-24)11-6-12-25-18-8-3-2-7-17(18)21-22-25;;/h2-5,7-10H,6,11-16H2,1H3;2*1H. The van der Waals surface area contributed by atoms with E-state index in [1.54, 1.807) is 12.0 Å². The molecular formula is C20H27Cl2N5O. The number of quaternary nitrogens is 2. The van der Waals surface area contributed by atoms with E-state index < -0.39 is 0 Å². The highest BCUT2D eigenvalue weighted by molar-refractivity contribution is 5.73. The van der Waals surface area contributed by atoms with Crippen LogP contribution in [0.3, 0.4) is 0 Å². The van der Waals surface area contributed by atoms with Crippen molar-refractivity contribution in [1.29, 1.82) is 0 Å². The van der Waals surface area contributed by atoms with Gasteiger partial charge in [0.05, 0.1) is 19.2 Å². The SMILES string of the molecule is COc1ccccc1[NH+]1CC[NH+](CCCn2nnc3ccccc32)CC1.[Cl-].[Cl-]. The van der Waals surface area contributed by atoms with Crippen molar-refractivity contribution in [3.05, 3.63) is 48.5 Å². The number of piperazine rings is 1. The first-order valence-corrected chi connectivity index (χ1v) is 9.45. The van der Waals surface area contributed by atoms with Gasteiger partial charge in [-0.2, -0.15) is 0 Å². The molecule has 2 heterocycles. The van der Waals surface area contributed by atoms with E-state index in [4.69, 9.17) is 4.74 Å². The number of benzene rings is 2. The van der Waals surface area contributed by atoms with Crippen LogP contribution in [0.5, 0.6) is 5.75 Å². The Kier molecular flexibility index (Phi) is 8.51. The highest BCUT2D eigenvalue weighted by Gasteiger charge is 2.26. The summed E-state index contributed by atoms with van der Waals surface area (Å²) >= 11 is 0. The number of hydrogen-bond acceptors (Lipinski definition) is 3. The molecule has 0 saturated carbocycles. The maximum atomic E-state index is 5.52. The molecule has 1 saturated heterocycles. The van der Waals surface area contributed by atoms with E-state index in [9.17, 15) is 0 Å². The Bertz CT molecular complexity index is 864. The summed E-state index contributed by atoms with van der Waals surface area (Å²) in [6.07, 6.45) is 1.13. The molecule has 4 rings (SSSR count). The molecule has 2 aromatic carbocycles. The fourth-order valence-electron chi connectivity index (χ4n) is 3.92. The second-order valence-electron chi connectivity index (χ2n) is 6.96. The first-order chi connectivity index (χ1) is 12.8. The van der Waals surface area contributed by atoms with Crippen LogP contribution in [-0.4, -0.2) is 54.8 Å². The topological polar surface area (TPSA) is 48.8 Å². The van der Waals surface area contributed by atoms with E-state index in [0.29, 0.717) is 0 Å². The van der Waals surface area contributed by atoms with E-state index in [-0.39, 0.29) is 24.8 Å². The Hall–Kier alpha value is -1.86. The molecule has 28 heavy (non-hydrogen) atoms. The normalized spacial score (nSPS) is 18.9. The molecule has 0 aliphatic carbocycles. The minimum atomic E-state index is 0. The molecule has 0 bridgehead atoms. The lowest BCUT2D eigenvalue weighted by Crippen LogP contribution is -3.26. The first kappa shape index (κ1) is 22.4. The lowest BCUT2D eigenvalue weighted by Gasteiger charge is -2.30. The minimum absolute atomic E-state index is 0. The summed E-state index contributed by atoms with van der Waals surface area (Å²) in [5, 5.41) is 8.52. The molecule has 152 valence electrons. The Morgan fingerprint density at radius 2 is 1.68 bits per heavy atom. The third kappa shape index (κ3) is 4.94. The van der Waals surface area contributed by atoms with Crippen LogP contribution in [0.25, 0.3) is 11.0 Å². The number of aromatic nitrogens is 3. The predicted octanol–water partition coefficient (Wildman–Crippen LogP) is -6.05. The van der Waals surface area contributed by atoms with Crippen LogP contribution in [0.15, 0.2) is 48.5 Å². The van der Waals surface area contributed by atoms with Gasteiger partial charge in [0, 0.05) is 19.0 Å². The largest absolute Gasteiger partial charge is 1.00 e. The summed E-state index contributed by atoms with van der Waals surface area (Å²) in [7, 11) is 1.76. The fourth-order valence-corrected chi connectivity index (χ4v) is 3.92. The molecule has 1 aliphatic heterocycles. The maximum Gasteiger partial charge on any atom is 0.179 e. The quantitative estimate of drug-likeness (QED) is 0.415. The number of rotatable bonds is 6. The monoisotopic (exact) mass is 423 g/mol. The van der Waals surface area contributed by atoms with E-state index in [2.05, 4.69) is 34.6 Å². The summed E-state index contributed by atoms with van der Waals surface area (Å²) in [6, 6.07) is 16.6. The number of fused-ring (bicyclic) bond motifs is 1. The minimum Gasteiger partial charge on any atom is -1.00 e. The van der Waals surface area contributed by atoms with E-state index in [0.717, 1.165) is 42.8 Å². The van der Waals surface area contributed by atoms with Crippen LogP contribution < -0.4 is 39.4 Å². The van der Waals surface area contributed by atoms with Crippen LogP contribution in [0, 0.1) is 0 Å². The van der Waals surface area contributed by atoms with Gasteiger partial charge in [-0.3, -0.25) is 4.90 Å². The van der Waals surface area contributed by atoms with Gasteiger partial charge in [0.2, 0.25) is 0 Å². The first-order valence-electron chi connectivity index (χ1n) is 9.45. The number of para-hydroxylation sites is 3. The van der Waals surface area contributed by atoms with Crippen LogP contribution in [-0.2, 0) is 6.54 Å². The fraction of sp³-hybridized carbons (Fsp3) is 0.400. The van der Waals surface area contributed by atoms with Gasteiger partial charge in [-0.1, -0.05) is 29.5 Å². The summed E-state index contributed by atoms with van der Waals surface area (Å²) in [5.74, 6) is 1.00. The third-order valence-electron chi connectivity index (χ3n) is 5.37. The van der Waals surface area contributed by atoms with Gasteiger partial charge in [-0.05, 0) is 18.2 Å². The van der Waals surface area contributed by atoms with Gasteiger partial charge in [-0.25, -0.2) is 4.68 Å². The Morgan fingerprint density at radius 1 is 0.964 bits per heavy atom. The number of nitrogens with one attached hydrogen (secondary N) is 2. The van der Waals surface area contributed by atoms with Crippen molar-refractivity contribution in [2.75, 3.05) is 39.8 Å². The Morgan fingerprint density at radius 3 is 2.46 bits per heavy atom. The average molecular weight is 424 g/mol.